The molecule has 1 aliphatic rings. The molecule has 2 atom stereocenters. The molecule has 1 heterocycles. The molecule has 0 spiro atoms. The van der Waals surface area contributed by atoms with Gasteiger partial charge in [-0.3, -0.25) is 10.3 Å². The van der Waals surface area contributed by atoms with E-state index in [9.17, 15) is 4.39 Å². The van der Waals surface area contributed by atoms with Gasteiger partial charge >= 0.3 is 0 Å². The van der Waals surface area contributed by atoms with E-state index in [-0.39, 0.29) is 17.8 Å². The largest absolute Gasteiger partial charge is 0.384 e. The van der Waals surface area contributed by atoms with E-state index in [0.717, 1.165) is 13.0 Å². The molecule has 0 saturated carbocycles. The van der Waals surface area contributed by atoms with Crippen LogP contribution in [0.25, 0.3) is 0 Å². The van der Waals surface area contributed by atoms with Crippen LogP contribution in [0.1, 0.15) is 31.4 Å². The summed E-state index contributed by atoms with van der Waals surface area (Å²) in [4.78, 5) is 2.26. The van der Waals surface area contributed by atoms with Crippen LogP contribution in [-0.2, 0) is 11.3 Å². The third-order valence-electron chi connectivity index (χ3n) is 3.79. The number of rotatable bonds is 4. The fraction of sp³-hybridized carbons (Fsp3) is 0.533. The van der Waals surface area contributed by atoms with Gasteiger partial charge in [0.1, 0.15) is 11.7 Å². The van der Waals surface area contributed by atoms with E-state index in [4.69, 9.17) is 15.9 Å². The Kier molecular flexibility index (Phi) is 4.73. The predicted octanol–water partition coefficient (Wildman–Crippen LogP) is 2.11. The zero-order chi connectivity index (χ0) is 14.7. The quantitative estimate of drug-likeness (QED) is 0.655. The molecule has 110 valence electrons. The molecule has 1 aromatic carbocycles. The molecule has 2 unspecified atom stereocenters. The summed E-state index contributed by atoms with van der Waals surface area (Å²) in [5.74, 6) is -0.409. The van der Waals surface area contributed by atoms with Gasteiger partial charge < -0.3 is 10.5 Å². The molecule has 0 bridgehead atoms. The SMILES string of the molecule is CCC1COC(C)CN1Cc1ccc(C(=N)N)cc1F. The van der Waals surface area contributed by atoms with E-state index in [1.807, 2.05) is 6.92 Å². The van der Waals surface area contributed by atoms with Crippen molar-refractivity contribution < 1.29 is 9.13 Å². The van der Waals surface area contributed by atoms with Crippen molar-refractivity contribution in [3.63, 3.8) is 0 Å². The maximum Gasteiger partial charge on any atom is 0.128 e. The van der Waals surface area contributed by atoms with Crippen molar-refractivity contribution in [2.45, 2.75) is 39.0 Å². The first-order valence-corrected chi connectivity index (χ1v) is 6.99. The highest BCUT2D eigenvalue weighted by atomic mass is 19.1. The molecule has 5 heteroatoms. The lowest BCUT2D eigenvalue weighted by Gasteiger charge is -2.38. The van der Waals surface area contributed by atoms with Gasteiger partial charge in [0.05, 0.1) is 12.7 Å². The van der Waals surface area contributed by atoms with Crippen molar-refractivity contribution in [3.05, 3.63) is 35.1 Å². The van der Waals surface area contributed by atoms with Gasteiger partial charge in [0.15, 0.2) is 0 Å². The number of ether oxygens (including phenoxy) is 1. The van der Waals surface area contributed by atoms with Gasteiger partial charge in [-0.2, -0.15) is 0 Å². The lowest BCUT2D eigenvalue weighted by atomic mass is 10.1. The van der Waals surface area contributed by atoms with Crippen molar-refractivity contribution in [1.82, 2.24) is 4.90 Å². The van der Waals surface area contributed by atoms with Crippen LogP contribution < -0.4 is 5.73 Å². The van der Waals surface area contributed by atoms with Crippen LogP contribution in [0.2, 0.25) is 0 Å². The van der Waals surface area contributed by atoms with Gasteiger partial charge in [0.25, 0.3) is 0 Å². The Morgan fingerprint density at radius 3 is 2.90 bits per heavy atom. The maximum absolute atomic E-state index is 14.1. The third kappa shape index (κ3) is 3.35. The number of hydrogen-bond donors (Lipinski definition) is 2. The zero-order valence-electron chi connectivity index (χ0n) is 12.0. The Morgan fingerprint density at radius 1 is 1.55 bits per heavy atom. The molecule has 1 aromatic rings. The normalized spacial score (nSPS) is 23.8. The summed E-state index contributed by atoms with van der Waals surface area (Å²) >= 11 is 0. The summed E-state index contributed by atoms with van der Waals surface area (Å²) in [6, 6.07) is 5.09. The molecule has 0 amide bonds. The first kappa shape index (κ1) is 14.9. The van der Waals surface area contributed by atoms with E-state index < -0.39 is 0 Å². The van der Waals surface area contributed by atoms with Gasteiger partial charge in [-0.05, 0) is 19.4 Å². The third-order valence-corrected chi connectivity index (χ3v) is 3.79. The first-order chi connectivity index (χ1) is 9.51. The van der Waals surface area contributed by atoms with Crippen LogP contribution in [0.3, 0.4) is 0 Å². The molecule has 20 heavy (non-hydrogen) atoms. The van der Waals surface area contributed by atoms with Crippen molar-refractivity contribution in [2.24, 2.45) is 5.73 Å². The fourth-order valence-electron chi connectivity index (χ4n) is 2.54. The minimum atomic E-state index is -0.299. The number of nitrogens with zero attached hydrogens (tertiary/aromatic N) is 1. The molecule has 0 aliphatic carbocycles. The molecule has 1 fully saturated rings. The number of halogens is 1. The highest BCUT2D eigenvalue weighted by Gasteiger charge is 2.26. The van der Waals surface area contributed by atoms with Crippen molar-refractivity contribution in [2.75, 3.05) is 13.2 Å². The number of benzene rings is 1. The maximum atomic E-state index is 14.1. The Morgan fingerprint density at radius 2 is 2.30 bits per heavy atom. The van der Waals surface area contributed by atoms with Gasteiger partial charge in [0, 0.05) is 30.3 Å². The van der Waals surface area contributed by atoms with Crippen LogP contribution in [0.15, 0.2) is 18.2 Å². The number of amidine groups is 1. The predicted molar refractivity (Wildman–Crippen MR) is 77.3 cm³/mol. The van der Waals surface area contributed by atoms with Gasteiger partial charge in [0.2, 0.25) is 0 Å². The molecule has 3 N–H and O–H groups in total. The van der Waals surface area contributed by atoms with E-state index in [2.05, 4.69) is 11.8 Å². The van der Waals surface area contributed by atoms with E-state index >= 15 is 0 Å². The number of hydrogen-bond acceptors (Lipinski definition) is 3. The molecule has 1 aliphatic heterocycles. The molecule has 0 radical (unpaired) electrons. The van der Waals surface area contributed by atoms with E-state index in [1.165, 1.54) is 6.07 Å². The Bertz CT molecular complexity index is 492. The summed E-state index contributed by atoms with van der Waals surface area (Å²) in [5, 5.41) is 7.33. The van der Waals surface area contributed by atoms with E-state index in [0.29, 0.717) is 30.3 Å². The lowest BCUT2D eigenvalue weighted by molar-refractivity contribution is -0.0595. The molecule has 4 nitrogen and oxygen atoms in total. The Labute approximate surface area is 119 Å². The van der Waals surface area contributed by atoms with Crippen LogP contribution in [0.4, 0.5) is 4.39 Å². The molecule has 2 rings (SSSR count). The van der Waals surface area contributed by atoms with Gasteiger partial charge in [-0.1, -0.05) is 19.1 Å². The molecule has 0 aromatic heterocycles. The standard InChI is InChI=1S/C15H22FN3O/c1-3-13-9-20-10(2)7-19(13)8-12-5-4-11(15(17)18)6-14(12)16/h4-6,10,13H,3,7-9H2,1-2H3,(H3,17,18). The minimum Gasteiger partial charge on any atom is -0.384 e. The van der Waals surface area contributed by atoms with Crippen molar-refractivity contribution in [1.29, 1.82) is 5.41 Å². The number of nitrogens with one attached hydrogen (secondary N) is 1. The number of morpholine rings is 1. The van der Waals surface area contributed by atoms with Gasteiger partial charge in [-0.15, -0.1) is 0 Å². The molecule has 1 saturated heterocycles. The highest BCUT2D eigenvalue weighted by Crippen LogP contribution is 2.19. The summed E-state index contributed by atoms with van der Waals surface area (Å²) in [5.41, 5.74) is 6.43. The lowest BCUT2D eigenvalue weighted by Crippen LogP contribution is -2.48. The second-order valence-corrected chi connectivity index (χ2v) is 5.36. The summed E-state index contributed by atoms with van der Waals surface area (Å²) in [7, 11) is 0. The van der Waals surface area contributed by atoms with Crippen LogP contribution in [-0.4, -0.2) is 36.0 Å². The monoisotopic (exact) mass is 279 g/mol. The second-order valence-electron chi connectivity index (χ2n) is 5.36. The smallest absolute Gasteiger partial charge is 0.128 e. The Balaban J connectivity index is 2.13. The second kappa shape index (κ2) is 6.33. The zero-order valence-corrected chi connectivity index (χ0v) is 12.0. The summed E-state index contributed by atoms with van der Waals surface area (Å²) in [6.45, 7) is 6.23. The average molecular weight is 279 g/mol. The fourth-order valence-corrected chi connectivity index (χ4v) is 2.54. The molecular formula is C15H22FN3O. The van der Waals surface area contributed by atoms with Gasteiger partial charge in [-0.25, -0.2) is 4.39 Å². The van der Waals surface area contributed by atoms with Crippen molar-refractivity contribution >= 4 is 5.84 Å². The summed E-state index contributed by atoms with van der Waals surface area (Å²) < 4.78 is 19.7. The molecular weight excluding hydrogens is 257 g/mol. The Hall–Kier alpha value is -1.46. The highest BCUT2D eigenvalue weighted by molar-refractivity contribution is 5.94. The number of nitrogen functional groups attached to an aromatic ring is 1. The van der Waals surface area contributed by atoms with Crippen molar-refractivity contribution in [3.8, 4) is 0 Å². The summed E-state index contributed by atoms with van der Waals surface area (Å²) in [6.07, 6.45) is 1.16. The van der Waals surface area contributed by atoms with Crippen LogP contribution in [0, 0.1) is 11.2 Å². The van der Waals surface area contributed by atoms with Crippen LogP contribution >= 0.6 is 0 Å². The minimum absolute atomic E-state index is 0.109. The first-order valence-electron chi connectivity index (χ1n) is 6.99. The van der Waals surface area contributed by atoms with Crippen LogP contribution in [0.5, 0.6) is 0 Å². The van der Waals surface area contributed by atoms with E-state index in [1.54, 1.807) is 12.1 Å². The topological polar surface area (TPSA) is 62.3 Å². The average Bonchev–Trinajstić information content (AvgIpc) is 2.41. The number of nitrogens with two attached hydrogens (primary N) is 1.